The van der Waals surface area contributed by atoms with E-state index in [9.17, 15) is 24.3 Å². The van der Waals surface area contributed by atoms with Gasteiger partial charge in [0.15, 0.2) is 0 Å². The summed E-state index contributed by atoms with van der Waals surface area (Å²) in [7, 11) is 0. The Morgan fingerprint density at radius 2 is 1.61 bits per heavy atom. The van der Waals surface area contributed by atoms with Crippen LogP contribution in [0.25, 0.3) is 6.08 Å². The standard InChI is InChI=1S/C33H43Cl6NO10S/c1-17-8-10-23(41)19(3)27(50-30(45)47-16-33(37,38)39)20(4)28(43)31(6,7)25(49-29(44)46-15-32(34,35)36)13-26(42)48-24(11-9-17)18(2)12-22-14-51-21(5)40-22/h9,12,14,19-20,23-25,27,41H,8,10-11,13,15-16H2,1-7H3/b17-9-,18-12+/t19-,20+,23?,24-,25-,27-/m0/s1. The summed E-state index contributed by atoms with van der Waals surface area (Å²) in [4.78, 5) is 58.0. The Bertz CT molecular complexity index is 1440. The van der Waals surface area contributed by atoms with Crippen LogP contribution in [0.3, 0.4) is 0 Å². The normalized spacial score (nSPS) is 27.1. The smallest absolute Gasteiger partial charge is 0.457 e. The fourth-order valence-electron chi connectivity index (χ4n) is 5.31. The molecule has 11 nitrogen and oxygen atoms in total. The maximum Gasteiger partial charge on any atom is 0.508 e. The number of ketones is 1. The molecule has 0 saturated carbocycles. The van der Waals surface area contributed by atoms with Gasteiger partial charge in [0.05, 0.1) is 34.6 Å². The number of cyclic esters (lactones) is 1. The number of allylic oxidation sites excluding steroid dienone is 1. The SMILES string of the molecule is C/C1=C/C[C@@H](/C(C)=C/c2csc(C)n2)OC(=O)C[C@H](OC(=O)OCC(Cl)(Cl)Cl)C(C)(C)C(=O)[C@H](C)[C@@H](OC(=O)OCC(Cl)(Cl)Cl)[C@@H](C)C(O)CC1. The largest absolute Gasteiger partial charge is 0.508 e. The van der Waals surface area contributed by atoms with Crippen LogP contribution in [0.1, 0.15) is 77.9 Å². The third kappa shape index (κ3) is 15.8. The van der Waals surface area contributed by atoms with Crippen LogP contribution in [0.2, 0.25) is 0 Å². The molecule has 1 N–H and O–H groups in total. The van der Waals surface area contributed by atoms with E-state index in [4.69, 9.17) is 93.3 Å². The molecule has 18 heteroatoms. The minimum atomic E-state index is -1.97. The summed E-state index contributed by atoms with van der Waals surface area (Å²) in [5.41, 5.74) is 0.617. The molecule has 0 spiro atoms. The molecule has 1 aliphatic rings. The zero-order chi connectivity index (χ0) is 38.9. The molecule has 0 fully saturated rings. The van der Waals surface area contributed by atoms with Crippen molar-refractivity contribution in [1.29, 1.82) is 0 Å². The minimum absolute atomic E-state index is 0.231. The number of aryl methyl sites for hydroxylation is 1. The van der Waals surface area contributed by atoms with Crippen molar-refractivity contribution in [3.63, 3.8) is 0 Å². The Hall–Kier alpha value is -1.51. The Morgan fingerprint density at radius 1 is 1.04 bits per heavy atom. The molecule has 2 heterocycles. The summed E-state index contributed by atoms with van der Waals surface area (Å²) in [5.74, 6) is -3.38. The Balaban J connectivity index is 2.59. The number of hydrogen-bond acceptors (Lipinski definition) is 12. The average Bonchev–Trinajstić information content (AvgIpc) is 3.43. The number of halogens is 6. The predicted octanol–water partition coefficient (Wildman–Crippen LogP) is 9.30. The molecule has 1 aliphatic heterocycles. The lowest BCUT2D eigenvalue weighted by atomic mass is 9.72. The lowest BCUT2D eigenvalue weighted by molar-refractivity contribution is -0.155. The van der Waals surface area contributed by atoms with E-state index < -0.39 is 92.9 Å². The van der Waals surface area contributed by atoms with Gasteiger partial charge < -0.3 is 28.8 Å². The zero-order valence-corrected chi connectivity index (χ0v) is 34.5. The van der Waals surface area contributed by atoms with Crippen molar-refractivity contribution < 1.29 is 48.0 Å². The van der Waals surface area contributed by atoms with Crippen LogP contribution in [0.4, 0.5) is 9.59 Å². The van der Waals surface area contributed by atoms with Gasteiger partial charge in [0.1, 0.15) is 37.3 Å². The van der Waals surface area contributed by atoms with Crippen molar-refractivity contribution in [1.82, 2.24) is 4.98 Å². The first-order valence-electron chi connectivity index (χ1n) is 15.9. The second-order valence-corrected chi connectivity index (χ2v) is 19.1. The minimum Gasteiger partial charge on any atom is -0.457 e. The zero-order valence-electron chi connectivity index (χ0n) is 29.2. The van der Waals surface area contributed by atoms with Crippen LogP contribution in [-0.2, 0) is 33.3 Å². The molecule has 51 heavy (non-hydrogen) atoms. The quantitative estimate of drug-likeness (QED) is 0.126. The average molecular weight is 858 g/mol. The fourth-order valence-corrected chi connectivity index (χ4v) is 6.20. The van der Waals surface area contributed by atoms with Gasteiger partial charge >= 0.3 is 18.3 Å². The first kappa shape index (κ1) is 45.6. The number of esters is 1. The summed E-state index contributed by atoms with van der Waals surface area (Å²) >= 11 is 35.8. The molecule has 1 aromatic rings. The van der Waals surface area contributed by atoms with Gasteiger partial charge in [-0.25, -0.2) is 14.6 Å². The van der Waals surface area contributed by atoms with Crippen LogP contribution >= 0.6 is 80.9 Å². The first-order valence-corrected chi connectivity index (χ1v) is 19.0. The number of carbonyl (C=O) groups is 4. The van der Waals surface area contributed by atoms with Crippen molar-refractivity contribution in [3.05, 3.63) is 33.3 Å². The van der Waals surface area contributed by atoms with E-state index >= 15 is 0 Å². The second-order valence-electron chi connectivity index (χ2n) is 13.0. The van der Waals surface area contributed by atoms with Gasteiger partial charge in [-0.1, -0.05) is 95.1 Å². The number of thiazole rings is 1. The van der Waals surface area contributed by atoms with Gasteiger partial charge in [0.2, 0.25) is 7.59 Å². The van der Waals surface area contributed by atoms with Crippen molar-refractivity contribution in [3.8, 4) is 0 Å². The van der Waals surface area contributed by atoms with Crippen molar-refractivity contribution in [2.24, 2.45) is 17.3 Å². The van der Waals surface area contributed by atoms with E-state index in [1.54, 1.807) is 13.8 Å². The molecule has 0 radical (unpaired) electrons. The number of ether oxygens (including phenoxy) is 5. The molecule has 1 aromatic heterocycles. The molecule has 6 atom stereocenters. The van der Waals surface area contributed by atoms with Gasteiger partial charge in [0, 0.05) is 17.7 Å². The molecule has 0 aromatic carbocycles. The summed E-state index contributed by atoms with van der Waals surface area (Å²) in [6.07, 6.45) is -3.10. The van der Waals surface area contributed by atoms with E-state index in [1.165, 1.54) is 32.1 Å². The van der Waals surface area contributed by atoms with E-state index in [-0.39, 0.29) is 12.8 Å². The monoisotopic (exact) mass is 855 g/mol. The maximum atomic E-state index is 14.3. The summed E-state index contributed by atoms with van der Waals surface area (Å²) in [5, 5.41) is 14.0. The molecule has 0 aliphatic carbocycles. The Labute approximate surface area is 332 Å². The molecule has 2 rings (SSSR count). The number of carbonyl (C=O) groups excluding carboxylic acids is 4. The van der Waals surface area contributed by atoms with E-state index in [0.717, 1.165) is 10.6 Å². The summed E-state index contributed by atoms with van der Waals surface area (Å²) in [6, 6.07) is 0. The Kier molecular flexibility index (Phi) is 17.6. The van der Waals surface area contributed by atoms with Gasteiger partial charge in [-0.2, -0.15) is 0 Å². The highest BCUT2D eigenvalue weighted by molar-refractivity contribution is 7.09. The highest BCUT2D eigenvalue weighted by atomic mass is 35.6. The number of aliphatic hydroxyl groups excluding tert-OH is 1. The van der Waals surface area contributed by atoms with E-state index in [0.29, 0.717) is 17.7 Å². The number of aromatic nitrogens is 1. The molecule has 1 unspecified atom stereocenters. The maximum absolute atomic E-state index is 14.3. The highest BCUT2D eigenvalue weighted by Gasteiger charge is 2.48. The van der Waals surface area contributed by atoms with Gasteiger partial charge in [-0.15, -0.1) is 11.3 Å². The van der Waals surface area contributed by atoms with Crippen molar-refractivity contribution in [2.75, 3.05) is 13.2 Å². The van der Waals surface area contributed by atoms with Crippen LogP contribution in [-0.4, -0.2) is 79.4 Å². The second kappa shape index (κ2) is 19.7. The number of hydrogen-bond donors (Lipinski definition) is 1. The number of alkyl halides is 6. The number of aliphatic hydroxyl groups is 1. The van der Waals surface area contributed by atoms with Gasteiger partial charge in [0.25, 0.3) is 0 Å². The number of nitrogens with zero attached hydrogens (tertiary/aromatic N) is 1. The fraction of sp³-hybridized carbons (Fsp3) is 0.667. The molecular formula is C33H43Cl6NO10S. The lowest BCUT2D eigenvalue weighted by Crippen LogP contribution is -2.49. The van der Waals surface area contributed by atoms with Crippen LogP contribution in [0, 0.1) is 24.2 Å². The molecule has 0 saturated heterocycles. The van der Waals surface area contributed by atoms with Crippen molar-refractivity contribution >= 4 is 111 Å². The van der Waals surface area contributed by atoms with Crippen LogP contribution in [0.5, 0.6) is 0 Å². The van der Waals surface area contributed by atoms with Gasteiger partial charge in [-0.05, 0) is 59.1 Å². The molecular weight excluding hydrogens is 815 g/mol. The van der Waals surface area contributed by atoms with Crippen LogP contribution < -0.4 is 0 Å². The lowest BCUT2D eigenvalue weighted by Gasteiger charge is -2.38. The number of rotatable bonds is 6. The number of Topliss-reactive ketones (excluding diaryl/α,β-unsaturated/α-hetero) is 1. The third-order valence-corrected chi connectivity index (χ3v) is 9.76. The molecule has 0 amide bonds. The van der Waals surface area contributed by atoms with Crippen LogP contribution in [0.15, 0.2) is 22.6 Å². The summed E-state index contributed by atoms with van der Waals surface area (Å²) < 4.78 is 23.0. The Morgan fingerprint density at radius 3 is 2.14 bits per heavy atom. The highest BCUT2D eigenvalue weighted by Crippen LogP contribution is 2.36. The van der Waals surface area contributed by atoms with Gasteiger partial charge in [-0.3, -0.25) is 9.59 Å². The summed E-state index contributed by atoms with van der Waals surface area (Å²) in [6.45, 7) is 10.2. The topological polar surface area (TPSA) is 148 Å². The van der Waals surface area contributed by atoms with E-state index in [2.05, 4.69) is 4.98 Å². The van der Waals surface area contributed by atoms with E-state index in [1.807, 2.05) is 31.4 Å². The van der Waals surface area contributed by atoms with Crippen molar-refractivity contribution in [2.45, 2.75) is 106 Å². The first-order chi connectivity index (χ1) is 23.4. The predicted molar refractivity (Wildman–Crippen MR) is 199 cm³/mol. The molecule has 288 valence electrons. The molecule has 0 bridgehead atoms. The third-order valence-electron chi connectivity index (χ3n) is 8.31.